The number of hydrogen-bond donors (Lipinski definition) is 1. The standard InChI is InChI=1S/C10H18N2O3/c1-11(2)10(15)8-3-5-12(6-4-8)9(14)7-13/h8,13H,3-7H2,1-2H3. The highest BCUT2D eigenvalue weighted by molar-refractivity contribution is 5.80. The number of carbonyl (C=O) groups excluding carboxylic acids is 2. The summed E-state index contributed by atoms with van der Waals surface area (Å²) in [6.45, 7) is 0.708. The zero-order chi connectivity index (χ0) is 11.4. The molecule has 0 bridgehead atoms. The third-order valence-corrected chi connectivity index (χ3v) is 2.77. The maximum absolute atomic E-state index is 11.6. The lowest BCUT2D eigenvalue weighted by atomic mass is 9.95. The molecule has 0 saturated carbocycles. The minimum Gasteiger partial charge on any atom is -0.387 e. The van der Waals surface area contributed by atoms with E-state index >= 15 is 0 Å². The van der Waals surface area contributed by atoms with Crippen LogP contribution in [0.5, 0.6) is 0 Å². The Bertz CT molecular complexity index is 245. The van der Waals surface area contributed by atoms with Crippen molar-refractivity contribution in [3.63, 3.8) is 0 Å². The van der Waals surface area contributed by atoms with Gasteiger partial charge in [-0.3, -0.25) is 9.59 Å². The van der Waals surface area contributed by atoms with Crippen molar-refractivity contribution in [3.05, 3.63) is 0 Å². The van der Waals surface area contributed by atoms with Gasteiger partial charge in [0.15, 0.2) is 0 Å². The van der Waals surface area contributed by atoms with Crippen molar-refractivity contribution in [2.45, 2.75) is 12.8 Å². The van der Waals surface area contributed by atoms with Crippen LogP contribution in [0.3, 0.4) is 0 Å². The second kappa shape index (κ2) is 5.11. The molecule has 5 heteroatoms. The average Bonchev–Trinajstić information content (AvgIpc) is 2.27. The summed E-state index contributed by atoms with van der Waals surface area (Å²) in [5.74, 6) is -0.0837. The molecule has 0 aromatic rings. The maximum Gasteiger partial charge on any atom is 0.248 e. The van der Waals surface area contributed by atoms with Crippen LogP contribution >= 0.6 is 0 Å². The molecular weight excluding hydrogens is 196 g/mol. The Morgan fingerprint density at radius 2 is 1.87 bits per heavy atom. The Morgan fingerprint density at radius 1 is 1.33 bits per heavy atom. The summed E-state index contributed by atoms with van der Waals surface area (Å²) in [5.41, 5.74) is 0. The van der Waals surface area contributed by atoms with Crippen molar-refractivity contribution < 1.29 is 14.7 Å². The first-order valence-electron chi connectivity index (χ1n) is 5.16. The number of aliphatic hydroxyl groups is 1. The molecule has 1 aliphatic rings. The third kappa shape index (κ3) is 2.92. The molecule has 0 spiro atoms. The number of carbonyl (C=O) groups is 2. The molecule has 0 radical (unpaired) electrons. The van der Waals surface area contributed by atoms with Gasteiger partial charge in [0.05, 0.1) is 0 Å². The van der Waals surface area contributed by atoms with Crippen molar-refractivity contribution in [3.8, 4) is 0 Å². The number of amides is 2. The van der Waals surface area contributed by atoms with Gasteiger partial charge in [-0.1, -0.05) is 0 Å². The predicted octanol–water partition coefficient (Wildman–Crippen LogP) is -0.694. The van der Waals surface area contributed by atoms with E-state index in [4.69, 9.17) is 5.11 Å². The minimum absolute atomic E-state index is 0.0303. The number of aliphatic hydroxyl groups excluding tert-OH is 1. The van der Waals surface area contributed by atoms with Gasteiger partial charge < -0.3 is 14.9 Å². The van der Waals surface area contributed by atoms with Crippen LogP contribution < -0.4 is 0 Å². The molecule has 1 N–H and O–H groups in total. The van der Waals surface area contributed by atoms with Crippen LogP contribution in [0.2, 0.25) is 0 Å². The van der Waals surface area contributed by atoms with Gasteiger partial charge in [-0.05, 0) is 12.8 Å². The van der Waals surface area contributed by atoms with Gasteiger partial charge in [0.2, 0.25) is 11.8 Å². The predicted molar refractivity (Wildman–Crippen MR) is 55.1 cm³/mol. The van der Waals surface area contributed by atoms with Gasteiger partial charge in [0.1, 0.15) is 6.61 Å². The number of piperidine rings is 1. The van der Waals surface area contributed by atoms with Gasteiger partial charge in [-0.25, -0.2) is 0 Å². The largest absolute Gasteiger partial charge is 0.387 e. The number of likely N-dealkylation sites (tertiary alicyclic amines) is 1. The highest BCUT2D eigenvalue weighted by Crippen LogP contribution is 2.18. The fourth-order valence-electron chi connectivity index (χ4n) is 1.84. The van der Waals surface area contributed by atoms with Crippen LogP contribution in [0.15, 0.2) is 0 Å². The fraction of sp³-hybridized carbons (Fsp3) is 0.800. The van der Waals surface area contributed by atoms with Crippen LogP contribution in [0.25, 0.3) is 0 Å². The highest BCUT2D eigenvalue weighted by Gasteiger charge is 2.27. The second-order valence-electron chi connectivity index (χ2n) is 4.05. The Hall–Kier alpha value is -1.10. The monoisotopic (exact) mass is 214 g/mol. The molecule has 1 fully saturated rings. The average molecular weight is 214 g/mol. The van der Waals surface area contributed by atoms with Crippen molar-refractivity contribution in [2.24, 2.45) is 5.92 Å². The van der Waals surface area contributed by atoms with Crippen LogP contribution in [-0.2, 0) is 9.59 Å². The Labute approximate surface area is 89.7 Å². The smallest absolute Gasteiger partial charge is 0.248 e. The summed E-state index contributed by atoms with van der Waals surface area (Å²) in [5, 5.41) is 8.68. The molecule has 2 amide bonds. The highest BCUT2D eigenvalue weighted by atomic mass is 16.3. The maximum atomic E-state index is 11.6. The Balaban J connectivity index is 2.42. The third-order valence-electron chi connectivity index (χ3n) is 2.77. The van der Waals surface area contributed by atoms with E-state index in [1.54, 1.807) is 23.9 Å². The molecule has 1 aliphatic heterocycles. The summed E-state index contributed by atoms with van der Waals surface area (Å²) >= 11 is 0. The van der Waals surface area contributed by atoms with Crippen LogP contribution in [-0.4, -0.2) is 60.5 Å². The topological polar surface area (TPSA) is 60.9 Å². The number of hydrogen-bond acceptors (Lipinski definition) is 3. The lowest BCUT2D eigenvalue weighted by molar-refractivity contribution is -0.140. The summed E-state index contributed by atoms with van der Waals surface area (Å²) in [7, 11) is 3.49. The minimum atomic E-state index is -0.438. The van der Waals surface area contributed by atoms with E-state index in [-0.39, 0.29) is 17.7 Å². The lowest BCUT2D eigenvalue weighted by Gasteiger charge is -2.32. The first-order valence-corrected chi connectivity index (χ1v) is 5.16. The fourth-order valence-corrected chi connectivity index (χ4v) is 1.84. The van der Waals surface area contributed by atoms with Crippen molar-refractivity contribution in [1.82, 2.24) is 9.80 Å². The summed E-state index contributed by atoms with van der Waals surface area (Å²) in [6, 6.07) is 0. The van der Waals surface area contributed by atoms with Crippen LogP contribution in [0.1, 0.15) is 12.8 Å². The summed E-state index contributed by atoms with van der Waals surface area (Å²) in [4.78, 5) is 26.0. The second-order valence-corrected chi connectivity index (χ2v) is 4.05. The molecule has 0 aromatic heterocycles. The zero-order valence-corrected chi connectivity index (χ0v) is 9.27. The Kier molecular flexibility index (Phi) is 4.08. The molecular formula is C10H18N2O3. The molecule has 15 heavy (non-hydrogen) atoms. The van der Waals surface area contributed by atoms with E-state index in [9.17, 15) is 9.59 Å². The summed E-state index contributed by atoms with van der Waals surface area (Å²) < 4.78 is 0. The van der Waals surface area contributed by atoms with Crippen molar-refractivity contribution >= 4 is 11.8 Å². The zero-order valence-electron chi connectivity index (χ0n) is 9.27. The molecule has 0 aromatic carbocycles. The molecule has 1 heterocycles. The van der Waals surface area contributed by atoms with Crippen LogP contribution in [0, 0.1) is 5.92 Å². The Morgan fingerprint density at radius 3 is 2.27 bits per heavy atom. The molecule has 5 nitrogen and oxygen atoms in total. The van der Waals surface area contributed by atoms with Crippen LogP contribution in [0.4, 0.5) is 0 Å². The van der Waals surface area contributed by atoms with E-state index in [1.165, 1.54) is 0 Å². The summed E-state index contributed by atoms with van der Waals surface area (Å²) in [6.07, 6.45) is 1.39. The normalized spacial score (nSPS) is 17.7. The van der Waals surface area contributed by atoms with E-state index in [0.29, 0.717) is 25.9 Å². The molecule has 0 atom stereocenters. The number of nitrogens with zero attached hydrogens (tertiary/aromatic N) is 2. The molecule has 1 saturated heterocycles. The van der Waals surface area contributed by atoms with E-state index in [1.807, 2.05) is 0 Å². The molecule has 0 aliphatic carbocycles. The van der Waals surface area contributed by atoms with Gasteiger partial charge in [0.25, 0.3) is 0 Å². The molecule has 1 rings (SSSR count). The van der Waals surface area contributed by atoms with Crippen molar-refractivity contribution in [2.75, 3.05) is 33.8 Å². The van der Waals surface area contributed by atoms with Gasteiger partial charge in [-0.15, -0.1) is 0 Å². The molecule has 0 unspecified atom stereocenters. The van der Waals surface area contributed by atoms with Crippen molar-refractivity contribution in [1.29, 1.82) is 0 Å². The van der Waals surface area contributed by atoms with Gasteiger partial charge in [-0.2, -0.15) is 0 Å². The quantitative estimate of drug-likeness (QED) is 0.661. The first kappa shape index (κ1) is 12.0. The van der Waals surface area contributed by atoms with E-state index in [0.717, 1.165) is 0 Å². The first-order chi connectivity index (χ1) is 7.06. The van der Waals surface area contributed by atoms with Gasteiger partial charge >= 0.3 is 0 Å². The number of rotatable bonds is 2. The van der Waals surface area contributed by atoms with E-state index < -0.39 is 6.61 Å². The lowest BCUT2D eigenvalue weighted by Crippen LogP contribution is -2.43. The van der Waals surface area contributed by atoms with Gasteiger partial charge in [0, 0.05) is 33.1 Å². The van der Waals surface area contributed by atoms with E-state index in [2.05, 4.69) is 0 Å². The molecule has 86 valence electrons. The SMILES string of the molecule is CN(C)C(=O)C1CCN(C(=O)CO)CC1.